The number of H-pyrrole nitrogens is 1. The highest BCUT2D eigenvalue weighted by atomic mass is 31.2. The number of nitrogens with zero attached hydrogens (tertiary/aromatic N) is 2. The second kappa shape index (κ2) is 11.3. The Hall–Kier alpha value is -4.41. The number of carbonyl (C=O) groups excluding carboxylic acids is 1. The third kappa shape index (κ3) is 4.91. The van der Waals surface area contributed by atoms with Gasteiger partial charge < -0.3 is 14.5 Å². The van der Waals surface area contributed by atoms with E-state index in [0.29, 0.717) is 17.1 Å². The lowest BCUT2D eigenvalue weighted by Crippen LogP contribution is -2.26. The van der Waals surface area contributed by atoms with Gasteiger partial charge in [0.2, 0.25) is 0 Å². The molecule has 0 aliphatic heterocycles. The minimum absolute atomic E-state index is 0.224. The van der Waals surface area contributed by atoms with E-state index in [-0.39, 0.29) is 12.3 Å². The summed E-state index contributed by atoms with van der Waals surface area (Å²) in [5.74, 6) is 0.207. The molecule has 2 aromatic heterocycles. The number of fused-ring (bicyclic) bond motifs is 1. The molecule has 38 heavy (non-hydrogen) atoms. The van der Waals surface area contributed by atoms with E-state index >= 15 is 0 Å². The van der Waals surface area contributed by atoms with Crippen LogP contribution in [0.5, 0.6) is 5.75 Å². The van der Waals surface area contributed by atoms with Crippen LogP contribution in [-0.2, 0) is 9.53 Å². The fraction of sp³-hybridized carbons (Fsp3) is 0.0968. The maximum absolute atomic E-state index is 13.4. The first-order valence-corrected chi connectivity index (χ1v) is 14.1. The molecule has 0 saturated heterocycles. The van der Waals surface area contributed by atoms with Crippen molar-refractivity contribution in [3.8, 4) is 5.75 Å². The van der Waals surface area contributed by atoms with Gasteiger partial charge in [-0.1, -0.05) is 91.0 Å². The lowest BCUT2D eigenvalue weighted by atomic mass is 10.2. The van der Waals surface area contributed by atoms with Gasteiger partial charge in [0.05, 0.1) is 26.2 Å². The van der Waals surface area contributed by atoms with Crippen molar-refractivity contribution in [2.45, 2.75) is 6.92 Å². The van der Waals surface area contributed by atoms with Crippen molar-refractivity contribution < 1.29 is 14.3 Å². The third-order valence-corrected chi connectivity index (χ3v) is 9.81. The fourth-order valence-electron chi connectivity index (χ4n) is 4.47. The molecular formula is C31H28N3O3P. The minimum atomic E-state index is -2.67. The Morgan fingerprint density at radius 1 is 0.895 bits per heavy atom. The Kier molecular flexibility index (Phi) is 7.52. The van der Waals surface area contributed by atoms with Crippen molar-refractivity contribution in [3.05, 3.63) is 121 Å². The van der Waals surface area contributed by atoms with Crippen LogP contribution in [0.15, 0.2) is 120 Å². The van der Waals surface area contributed by atoms with E-state index in [4.69, 9.17) is 14.2 Å². The number of aromatic nitrogens is 2. The number of pyridine rings is 1. The Morgan fingerprint density at radius 2 is 1.45 bits per heavy atom. The molecule has 0 spiro atoms. The highest BCUT2D eigenvalue weighted by Gasteiger charge is 2.29. The molecule has 1 N–H and O–H groups in total. The topological polar surface area (TPSA) is 76.6 Å². The summed E-state index contributed by atoms with van der Waals surface area (Å²) in [5.41, 5.74) is 1.56. The molecule has 0 bridgehead atoms. The van der Waals surface area contributed by atoms with Crippen molar-refractivity contribution in [3.63, 3.8) is 0 Å². The second-order valence-corrected chi connectivity index (χ2v) is 11.5. The van der Waals surface area contributed by atoms with Crippen LogP contribution >= 0.6 is 7.05 Å². The quantitative estimate of drug-likeness (QED) is 0.163. The van der Waals surface area contributed by atoms with Gasteiger partial charge in [-0.2, -0.15) is 0 Å². The summed E-state index contributed by atoms with van der Waals surface area (Å²) in [6.45, 7) is 2.03. The molecule has 0 atom stereocenters. The molecule has 0 unspecified atom stereocenters. The average Bonchev–Trinajstić information content (AvgIpc) is 3.39. The van der Waals surface area contributed by atoms with Gasteiger partial charge >= 0.3 is 5.97 Å². The van der Waals surface area contributed by atoms with E-state index in [2.05, 4.69) is 46.4 Å². The lowest BCUT2D eigenvalue weighted by Gasteiger charge is -2.27. The molecule has 0 aliphatic carbocycles. The predicted octanol–water partition coefficient (Wildman–Crippen LogP) is 5.65. The molecule has 190 valence electrons. The molecule has 0 amide bonds. The van der Waals surface area contributed by atoms with Crippen molar-refractivity contribution in [2.75, 3.05) is 13.7 Å². The molecule has 0 saturated carbocycles. The molecule has 0 radical (unpaired) electrons. The molecule has 5 rings (SSSR count). The number of ether oxygens (including phenoxy) is 2. The van der Waals surface area contributed by atoms with Crippen LogP contribution in [0.2, 0.25) is 0 Å². The van der Waals surface area contributed by atoms with Crippen LogP contribution in [0.4, 0.5) is 0 Å². The molecule has 3 aromatic carbocycles. The van der Waals surface area contributed by atoms with Crippen molar-refractivity contribution >= 4 is 46.0 Å². The van der Waals surface area contributed by atoms with E-state index in [9.17, 15) is 4.79 Å². The first-order chi connectivity index (χ1) is 18.7. The largest absolute Gasteiger partial charge is 0.496 e. The van der Waals surface area contributed by atoms with Crippen LogP contribution in [-0.4, -0.2) is 29.7 Å². The number of nitrogens with one attached hydrogen (secondary N) is 1. The van der Waals surface area contributed by atoms with Gasteiger partial charge in [-0.25, -0.2) is 14.5 Å². The van der Waals surface area contributed by atoms with Gasteiger partial charge in [-0.15, -0.1) is 0 Å². The Balaban J connectivity index is 1.84. The number of hydrogen-bond donors (Lipinski definition) is 1. The van der Waals surface area contributed by atoms with Gasteiger partial charge in [0.1, 0.15) is 17.1 Å². The molecule has 7 heteroatoms. The summed E-state index contributed by atoms with van der Waals surface area (Å²) in [6, 6.07) is 34.2. The number of hydrogen-bond acceptors (Lipinski definition) is 5. The summed E-state index contributed by atoms with van der Waals surface area (Å²) in [4.78, 5) is 21.1. The Bertz CT molecular complexity index is 1530. The number of rotatable bonds is 8. The van der Waals surface area contributed by atoms with Crippen molar-refractivity contribution in [1.82, 2.24) is 9.97 Å². The number of methoxy groups -OCH3 is 1. The summed E-state index contributed by atoms with van der Waals surface area (Å²) in [7, 11) is -1.05. The number of benzene rings is 3. The van der Waals surface area contributed by atoms with Crippen LogP contribution in [0.3, 0.4) is 0 Å². The third-order valence-electron chi connectivity index (χ3n) is 6.16. The van der Waals surface area contributed by atoms with Crippen LogP contribution in [0.1, 0.15) is 12.6 Å². The number of esters is 1. The van der Waals surface area contributed by atoms with E-state index in [0.717, 1.165) is 21.3 Å². The fourth-order valence-corrected chi connectivity index (χ4v) is 7.99. The Morgan fingerprint density at radius 3 is 1.95 bits per heavy atom. The monoisotopic (exact) mass is 521 g/mol. The van der Waals surface area contributed by atoms with E-state index in [1.807, 2.05) is 60.7 Å². The van der Waals surface area contributed by atoms with Crippen molar-refractivity contribution in [1.29, 1.82) is 0 Å². The zero-order valence-electron chi connectivity index (χ0n) is 21.2. The maximum atomic E-state index is 13.4. The molecular weight excluding hydrogens is 493 g/mol. The van der Waals surface area contributed by atoms with Crippen LogP contribution < -0.4 is 20.7 Å². The summed E-state index contributed by atoms with van der Waals surface area (Å²) in [6.07, 6.45) is 3.42. The molecule has 6 nitrogen and oxygen atoms in total. The smallest absolute Gasteiger partial charge is 0.356 e. The van der Waals surface area contributed by atoms with E-state index < -0.39 is 13.0 Å². The van der Waals surface area contributed by atoms with Gasteiger partial charge in [0, 0.05) is 27.8 Å². The zero-order valence-corrected chi connectivity index (χ0v) is 22.1. The zero-order chi connectivity index (χ0) is 26.4. The summed E-state index contributed by atoms with van der Waals surface area (Å²) in [5, 5.41) is 3.92. The number of aromatic amines is 1. The normalized spacial score (nSPS) is 11.8. The minimum Gasteiger partial charge on any atom is -0.496 e. The molecule has 2 heterocycles. The standard InChI is InChI=1S/C31H28N3O3P/c1-3-37-31(35)28(22-23-21-27-29(36-2)19-20-32-30(27)33-23)34-38(24-13-7-4-8-14-24,25-15-9-5-10-16-25)26-17-11-6-12-18-26/h4-22H,3H2,1-2H3,(H,32,33)/b28-22-. The van der Waals surface area contributed by atoms with Crippen molar-refractivity contribution in [2.24, 2.45) is 4.74 Å². The van der Waals surface area contributed by atoms with E-state index in [1.54, 1.807) is 32.4 Å². The van der Waals surface area contributed by atoms with E-state index in [1.165, 1.54) is 0 Å². The summed E-state index contributed by atoms with van der Waals surface area (Å²) >= 11 is 0. The highest BCUT2D eigenvalue weighted by Crippen LogP contribution is 2.48. The van der Waals surface area contributed by atoms with Gasteiger partial charge in [0.15, 0.2) is 0 Å². The molecule has 0 fully saturated rings. The van der Waals surface area contributed by atoms with Crippen LogP contribution in [0, 0.1) is 0 Å². The SMILES string of the molecule is CCOC(=O)/C(=C/c1cc2c(OC)ccnc2[nH]1)N=P(c1ccccc1)(c1ccccc1)c1ccccc1. The first-order valence-electron chi connectivity index (χ1n) is 12.4. The number of carbonyl (C=O) groups is 1. The first kappa shape index (κ1) is 25.2. The molecule has 5 aromatic rings. The van der Waals surface area contributed by atoms with Gasteiger partial charge in [-0.05, 0) is 25.1 Å². The summed E-state index contributed by atoms with van der Waals surface area (Å²) < 4.78 is 16.4. The predicted molar refractivity (Wildman–Crippen MR) is 155 cm³/mol. The lowest BCUT2D eigenvalue weighted by molar-refractivity contribution is -0.138. The highest BCUT2D eigenvalue weighted by molar-refractivity contribution is 7.87. The molecule has 0 aliphatic rings. The van der Waals surface area contributed by atoms with Gasteiger partial charge in [-0.3, -0.25) is 0 Å². The second-order valence-electron chi connectivity index (χ2n) is 8.49. The van der Waals surface area contributed by atoms with Crippen LogP contribution in [0.25, 0.3) is 17.1 Å². The average molecular weight is 522 g/mol. The Labute approximate surface area is 222 Å². The van der Waals surface area contributed by atoms with Gasteiger partial charge in [0.25, 0.3) is 0 Å². The maximum Gasteiger partial charge on any atom is 0.356 e.